The van der Waals surface area contributed by atoms with Crippen molar-refractivity contribution in [2.45, 2.75) is 65.0 Å². The molecule has 2 aliphatic rings. The van der Waals surface area contributed by atoms with Crippen LogP contribution in [0.4, 0.5) is 0 Å². The summed E-state index contributed by atoms with van der Waals surface area (Å²) in [6, 6.07) is 8.06. The van der Waals surface area contributed by atoms with Gasteiger partial charge in [-0.25, -0.2) is 9.59 Å². The highest BCUT2D eigenvalue weighted by molar-refractivity contribution is 5.88. The Morgan fingerprint density at radius 2 is 1.08 bits per heavy atom. The highest BCUT2D eigenvalue weighted by Gasteiger charge is 2.41. The van der Waals surface area contributed by atoms with Crippen molar-refractivity contribution in [2.24, 2.45) is 0 Å². The molecule has 0 saturated carbocycles. The molecule has 0 saturated heterocycles. The van der Waals surface area contributed by atoms with Crippen LogP contribution in [0.5, 0.6) is 11.5 Å². The number of rotatable bonds is 4. The summed E-state index contributed by atoms with van der Waals surface area (Å²) in [5.74, 6) is 0.266. The minimum atomic E-state index is -0.736. The summed E-state index contributed by atoms with van der Waals surface area (Å²) in [4.78, 5) is 23.7. The summed E-state index contributed by atoms with van der Waals surface area (Å²) < 4.78 is 28.7. The van der Waals surface area contributed by atoms with Gasteiger partial charge >= 0.3 is 11.9 Å². The van der Waals surface area contributed by atoms with Gasteiger partial charge in [0.1, 0.15) is 11.5 Å². The van der Waals surface area contributed by atoms with E-state index in [4.69, 9.17) is 23.7 Å². The third kappa shape index (κ3) is 5.42. The average molecular weight is 507 g/mol. The van der Waals surface area contributed by atoms with E-state index in [1.807, 2.05) is 24.3 Å². The first kappa shape index (κ1) is 26.5. The van der Waals surface area contributed by atoms with E-state index in [9.17, 15) is 9.59 Å². The molecule has 0 fully saturated rings. The molecule has 0 aliphatic carbocycles. The molecule has 2 aromatic carbocycles. The highest BCUT2D eigenvalue weighted by atomic mass is 16.8. The SMILES string of the molecule is COC(=O)/C=C\c1cc(C(C)(C)C)cc2c1OC1OC2Oc2c(/C=C\C(=O)OC)cc(C(C)(C)C)cc21. The number of hydrogen-bond donors (Lipinski definition) is 0. The molecule has 2 aliphatic heterocycles. The van der Waals surface area contributed by atoms with Gasteiger partial charge in [-0.3, -0.25) is 4.74 Å². The van der Waals surface area contributed by atoms with Crippen molar-refractivity contribution in [2.75, 3.05) is 14.2 Å². The molecule has 2 bridgehead atoms. The third-order valence-corrected chi connectivity index (χ3v) is 6.43. The largest absolute Gasteiger partial charge is 0.466 e. The number of carbonyl (C=O) groups is 2. The van der Waals surface area contributed by atoms with E-state index in [1.165, 1.54) is 26.4 Å². The molecular formula is C30H34O7. The van der Waals surface area contributed by atoms with Gasteiger partial charge in [-0.05, 0) is 58.4 Å². The predicted molar refractivity (Wildman–Crippen MR) is 140 cm³/mol. The second kappa shape index (κ2) is 9.71. The predicted octanol–water partition coefficient (Wildman–Crippen LogP) is 6.15. The van der Waals surface area contributed by atoms with Crippen molar-refractivity contribution in [1.29, 1.82) is 0 Å². The molecule has 2 heterocycles. The maximum atomic E-state index is 11.9. The van der Waals surface area contributed by atoms with Gasteiger partial charge in [0.25, 0.3) is 0 Å². The summed E-state index contributed by atoms with van der Waals surface area (Å²) in [7, 11) is 2.68. The first-order valence-corrected chi connectivity index (χ1v) is 12.2. The number of carbonyl (C=O) groups excluding carboxylic acids is 2. The van der Waals surface area contributed by atoms with Crippen LogP contribution >= 0.6 is 0 Å². The van der Waals surface area contributed by atoms with Crippen molar-refractivity contribution in [3.8, 4) is 11.5 Å². The van der Waals surface area contributed by atoms with Crippen LogP contribution in [-0.4, -0.2) is 26.2 Å². The molecule has 2 unspecified atom stereocenters. The van der Waals surface area contributed by atoms with Crippen molar-refractivity contribution in [3.63, 3.8) is 0 Å². The van der Waals surface area contributed by atoms with Gasteiger partial charge in [0, 0.05) is 23.3 Å². The summed E-state index contributed by atoms with van der Waals surface area (Å²) in [5, 5.41) is 0. The number of methoxy groups -OCH3 is 2. The Morgan fingerprint density at radius 3 is 1.41 bits per heavy atom. The normalized spacial score (nSPS) is 18.6. The van der Waals surface area contributed by atoms with Gasteiger partial charge in [-0.15, -0.1) is 0 Å². The lowest BCUT2D eigenvalue weighted by molar-refractivity contribution is -0.227. The van der Waals surface area contributed by atoms with Crippen LogP contribution in [0.15, 0.2) is 36.4 Å². The number of ether oxygens (including phenoxy) is 5. The second-order valence-electron chi connectivity index (χ2n) is 11.2. The molecule has 0 amide bonds. The Hall–Kier alpha value is -3.58. The summed E-state index contributed by atoms with van der Waals surface area (Å²) in [6.07, 6.45) is 4.66. The third-order valence-electron chi connectivity index (χ3n) is 6.43. The Balaban J connectivity index is 1.87. The molecule has 196 valence electrons. The van der Waals surface area contributed by atoms with Gasteiger partial charge in [-0.1, -0.05) is 41.5 Å². The van der Waals surface area contributed by atoms with Crippen LogP contribution in [0.1, 0.15) is 87.5 Å². The van der Waals surface area contributed by atoms with Gasteiger partial charge in [0.15, 0.2) is 0 Å². The molecular weight excluding hydrogens is 472 g/mol. The minimum absolute atomic E-state index is 0.178. The summed E-state index contributed by atoms with van der Waals surface area (Å²) in [6.45, 7) is 12.6. The zero-order chi connectivity index (χ0) is 27.1. The smallest absolute Gasteiger partial charge is 0.330 e. The van der Waals surface area contributed by atoms with Crippen LogP contribution in [0.3, 0.4) is 0 Å². The van der Waals surface area contributed by atoms with Crippen LogP contribution < -0.4 is 9.47 Å². The van der Waals surface area contributed by atoms with Crippen LogP contribution in [0.25, 0.3) is 12.2 Å². The zero-order valence-corrected chi connectivity index (χ0v) is 22.6. The van der Waals surface area contributed by atoms with Gasteiger partial charge in [0.2, 0.25) is 12.6 Å². The Labute approximate surface area is 218 Å². The van der Waals surface area contributed by atoms with Crippen molar-refractivity contribution < 1.29 is 33.3 Å². The maximum absolute atomic E-state index is 11.9. The first-order chi connectivity index (χ1) is 17.3. The average Bonchev–Trinajstić information content (AvgIpc) is 2.84. The molecule has 0 N–H and O–H groups in total. The molecule has 37 heavy (non-hydrogen) atoms. The van der Waals surface area contributed by atoms with E-state index >= 15 is 0 Å². The quantitative estimate of drug-likeness (QED) is 0.363. The second-order valence-corrected chi connectivity index (χ2v) is 11.2. The summed E-state index contributed by atoms with van der Waals surface area (Å²) >= 11 is 0. The molecule has 0 aromatic heterocycles. The van der Waals surface area contributed by atoms with Crippen molar-refractivity contribution in [3.05, 3.63) is 69.8 Å². The van der Waals surface area contributed by atoms with Crippen LogP contribution in [-0.2, 0) is 34.6 Å². The molecule has 7 heteroatoms. The Bertz CT molecular complexity index is 1190. The number of esters is 2. The summed E-state index contributed by atoms with van der Waals surface area (Å²) in [5.41, 5.74) is 4.62. The fraction of sp³-hybridized carbons (Fsp3) is 0.400. The van der Waals surface area contributed by atoms with Gasteiger partial charge in [-0.2, -0.15) is 0 Å². The molecule has 0 radical (unpaired) electrons. The topological polar surface area (TPSA) is 80.3 Å². The standard InChI is InChI=1S/C30H34O7/c1-29(2,3)19-13-17(9-11-23(31)33-7)25-21(15-19)27-36-26-18(10-12-24(32)34-8)14-20(30(4,5)6)16-22(26)28(35-25)37-27/h9-16,27-28H,1-8H3/b11-9-,12-10-. The van der Waals surface area contributed by atoms with E-state index in [1.54, 1.807) is 12.2 Å². The Morgan fingerprint density at radius 1 is 0.703 bits per heavy atom. The number of fused-ring (bicyclic) bond motifs is 6. The molecule has 2 aromatic rings. The molecule has 2 atom stereocenters. The monoisotopic (exact) mass is 506 g/mol. The van der Waals surface area contributed by atoms with E-state index in [2.05, 4.69) is 41.5 Å². The molecule has 4 rings (SSSR count). The van der Waals surface area contributed by atoms with E-state index in [-0.39, 0.29) is 10.8 Å². The van der Waals surface area contributed by atoms with Crippen molar-refractivity contribution >= 4 is 24.1 Å². The Kier molecular flexibility index (Phi) is 6.95. The minimum Gasteiger partial charge on any atom is -0.466 e. The lowest BCUT2D eigenvalue weighted by atomic mass is 9.83. The fourth-order valence-electron chi connectivity index (χ4n) is 4.19. The number of benzene rings is 2. The lowest BCUT2D eigenvalue weighted by Gasteiger charge is -2.40. The fourth-order valence-corrected chi connectivity index (χ4v) is 4.19. The first-order valence-electron chi connectivity index (χ1n) is 12.2. The van der Waals surface area contributed by atoms with E-state index in [0.29, 0.717) is 11.5 Å². The van der Waals surface area contributed by atoms with Gasteiger partial charge in [0.05, 0.1) is 25.3 Å². The lowest BCUT2D eigenvalue weighted by Crippen LogP contribution is -2.32. The van der Waals surface area contributed by atoms with E-state index in [0.717, 1.165) is 33.4 Å². The van der Waals surface area contributed by atoms with Gasteiger partial charge < -0.3 is 18.9 Å². The molecule has 0 spiro atoms. The zero-order valence-electron chi connectivity index (χ0n) is 22.6. The van der Waals surface area contributed by atoms with Crippen LogP contribution in [0.2, 0.25) is 0 Å². The van der Waals surface area contributed by atoms with Crippen LogP contribution in [0, 0.1) is 0 Å². The number of hydrogen-bond acceptors (Lipinski definition) is 7. The molecule has 7 nitrogen and oxygen atoms in total. The maximum Gasteiger partial charge on any atom is 0.330 e. The van der Waals surface area contributed by atoms with E-state index < -0.39 is 24.5 Å². The van der Waals surface area contributed by atoms with Crippen molar-refractivity contribution in [1.82, 2.24) is 0 Å². The highest BCUT2D eigenvalue weighted by Crippen LogP contribution is 2.52.